The van der Waals surface area contributed by atoms with Gasteiger partial charge >= 0.3 is 0 Å². The van der Waals surface area contributed by atoms with E-state index in [1.54, 1.807) is 0 Å². The number of rotatable bonds is 4. The number of nitrogens with zero attached hydrogens (tertiary/aromatic N) is 3. The van der Waals surface area contributed by atoms with Crippen LogP contribution in [0.5, 0.6) is 0 Å². The molecule has 0 aliphatic carbocycles. The fourth-order valence-corrected chi connectivity index (χ4v) is 2.11. The van der Waals surface area contributed by atoms with E-state index in [0.29, 0.717) is 0 Å². The Kier molecular flexibility index (Phi) is 3.81. The van der Waals surface area contributed by atoms with Gasteiger partial charge < -0.3 is 15.0 Å². The Bertz CT molecular complexity index is 350. The van der Waals surface area contributed by atoms with Crippen LogP contribution < -0.4 is 5.73 Å². The van der Waals surface area contributed by atoms with Gasteiger partial charge in [-0.2, -0.15) is 0 Å². The normalized spacial score (nSPS) is 18.5. The van der Waals surface area contributed by atoms with E-state index in [1.165, 1.54) is 0 Å². The summed E-state index contributed by atoms with van der Waals surface area (Å²) < 4.78 is 7.48. The summed E-state index contributed by atoms with van der Waals surface area (Å²) in [6, 6.07) is 0. The van der Waals surface area contributed by atoms with Gasteiger partial charge in [0.2, 0.25) is 0 Å². The van der Waals surface area contributed by atoms with Gasteiger partial charge in [0, 0.05) is 32.4 Å². The molecule has 1 aromatic rings. The molecular weight excluding hydrogens is 216 g/mol. The Morgan fingerprint density at radius 2 is 2.06 bits per heavy atom. The van der Waals surface area contributed by atoms with E-state index < -0.39 is 0 Å². The third-order valence-electron chi connectivity index (χ3n) is 3.13. The molecule has 0 bridgehead atoms. The van der Waals surface area contributed by atoms with Crippen LogP contribution in [0.25, 0.3) is 0 Å². The summed E-state index contributed by atoms with van der Waals surface area (Å²) in [5.74, 6) is 0. The number of nitrogens with two attached hydrogens (primary N) is 1. The lowest BCUT2D eigenvalue weighted by atomic mass is 10.0. The molecule has 0 saturated carbocycles. The molecule has 1 aliphatic heterocycles. The fraction of sp³-hybridized carbons (Fsp3) is 0.750. The first-order valence-electron chi connectivity index (χ1n) is 6.17. The predicted octanol–water partition coefficient (Wildman–Crippen LogP) is 0.409. The summed E-state index contributed by atoms with van der Waals surface area (Å²) >= 11 is 0. The monoisotopic (exact) mass is 238 g/mol. The highest BCUT2D eigenvalue weighted by atomic mass is 16.5. The van der Waals surface area contributed by atoms with Gasteiger partial charge in [0.15, 0.2) is 0 Å². The summed E-state index contributed by atoms with van der Waals surface area (Å²) in [5, 5.41) is 0. The number of hydrogen-bond donors (Lipinski definition) is 1. The highest BCUT2D eigenvalue weighted by Gasteiger charge is 2.19. The van der Waals surface area contributed by atoms with Crippen molar-refractivity contribution in [1.29, 1.82) is 0 Å². The summed E-state index contributed by atoms with van der Waals surface area (Å²) in [5.41, 5.74) is 6.87. The maximum absolute atomic E-state index is 6.12. The van der Waals surface area contributed by atoms with Crippen molar-refractivity contribution in [1.82, 2.24) is 14.5 Å². The lowest BCUT2D eigenvalue weighted by Gasteiger charge is -2.27. The van der Waals surface area contributed by atoms with E-state index in [4.69, 9.17) is 10.5 Å². The average Bonchev–Trinajstić information content (AvgIpc) is 2.75. The molecule has 1 saturated heterocycles. The van der Waals surface area contributed by atoms with Crippen LogP contribution in [0.1, 0.15) is 19.5 Å². The molecule has 1 aliphatic rings. The molecule has 2 rings (SSSR count). The van der Waals surface area contributed by atoms with E-state index in [2.05, 4.69) is 14.5 Å². The fourth-order valence-electron chi connectivity index (χ4n) is 2.11. The van der Waals surface area contributed by atoms with Crippen LogP contribution in [-0.4, -0.2) is 47.3 Å². The molecule has 2 heterocycles. The van der Waals surface area contributed by atoms with Crippen LogP contribution in [0.4, 0.5) is 0 Å². The van der Waals surface area contributed by atoms with Crippen LogP contribution in [0.3, 0.4) is 0 Å². The minimum absolute atomic E-state index is 0.332. The molecule has 5 heteroatoms. The molecule has 0 amide bonds. The maximum Gasteiger partial charge on any atom is 0.0949 e. The quantitative estimate of drug-likeness (QED) is 0.825. The van der Waals surface area contributed by atoms with Crippen LogP contribution in [0.15, 0.2) is 12.5 Å². The molecule has 96 valence electrons. The van der Waals surface area contributed by atoms with Gasteiger partial charge in [-0.1, -0.05) is 0 Å². The first-order chi connectivity index (χ1) is 8.07. The van der Waals surface area contributed by atoms with E-state index in [1.807, 2.05) is 26.4 Å². The Hall–Kier alpha value is -0.910. The largest absolute Gasteiger partial charge is 0.379 e. The Balaban J connectivity index is 1.92. The molecule has 0 unspecified atom stereocenters. The topological polar surface area (TPSA) is 56.3 Å². The number of ether oxygens (including phenoxy) is 1. The smallest absolute Gasteiger partial charge is 0.0949 e. The van der Waals surface area contributed by atoms with Crippen LogP contribution in [0, 0.1) is 0 Å². The minimum atomic E-state index is -0.332. The number of imidazole rings is 1. The summed E-state index contributed by atoms with van der Waals surface area (Å²) in [4.78, 5) is 6.61. The molecule has 0 aromatic carbocycles. The average molecular weight is 238 g/mol. The highest BCUT2D eigenvalue weighted by molar-refractivity contribution is 5.09. The van der Waals surface area contributed by atoms with Gasteiger partial charge in [-0.25, -0.2) is 4.98 Å². The van der Waals surface area contributed by atoms with Crippen molar-refractivity contribution in [3.63, 3.8) is 0 Å². The lowest BCUT2D eigenvalue weighted by Crippen LogP contribution is -2.39. The first kappa shape index (κ1) is 12.5. The molecule has 1 aromatic heterocycles. The zero-order chi connectivity index (χ0) is 12.3. The molecule has 1 fully saturated rings. The second kappa shape index (κ2) is 5.16. The van der Waals surface area contributed by atoms with Crippen molar-refractivity contribution in [2.45, 2.75) is 25.9 Å². The SMILES string of the molecule is CC(C)(N)c1cncn1CCN1CCOCC1. The van der Waals surface area contributed by atoms with Crippen molar-refractivity contribution >= 4 is 0 Å². The van der Waals surface area contributed by atoms with Crippen LogP contribution in [-0.2, 0) is 16.8 Å². The maximum atomic E-state index is 6.12. The highest BCUT2D eigenvalue weighted by Crippen LogP contribution is 2.16. The third-order valence-corrected chi connectivity index (χ3v) is 3.13. The summed E-state index contributed by atoms with van der Waals surface area (Å²) in [7, 11) is 0. The van der Waals surface area contributed by atoms with Gasteiger partial charge in [0.25, 0.3) is 0 Å². The molecule has 2 N–H and O–H groups in total. The summed E-state index contributed by atoms with van der Waals surface area (Å²) in [6.07, 6.45) is 3.73. The molecule has 17 heavy (non-hydrogen) atoms. The van der Waals surface area contributed by atoms with Crippen LogP contribution >= 0.6 is 0 Å². The summed E-state index contributed by atoms with van der Waals surface area (Å²) in [6.45, 7) is 9.73. The van der Waals surface area contributed by atoms with E-state index in [0.717, 1.165) is 45.1 Å². The molecular formula is C12H22N4O. The Labute approximate surface area is 103 Å². The molecule has 0 radical (unpaired) electrons. The van der Waals surface area contributed by atoms with Gasteiger partial charge in [0.05, 0.1) is 30.8 Å². The number of aromatic nitrogens is 2. The van der Waals surface area contributed by atoms with Crippen molar-refractivity contribution in [2.75, 3.05) is 32.8 Å². The van der Waals surface area contributed by atoms with E-state index >= 15 is 0 Å². The van der Waals surface area contributed by atoms with Gasteiger partial charge in [-0.05, 0) is 13.8 Å². The van der Waals surface area contributed by atoms with Gasteiger partial charge in [-0.3, -0.25) is 4.90 Å². The third kappa shape index (κ3) is 3.28. The lowest BCUT2D eigenvalue weighted by molar-refractivity contribution is 0.0362. The molecule has 5 nitrogen and oxygen atoms in total. The minimum Gasteiger partial charge on any atom is -0.379 e. The second-order valence-electron chi connectivity index (χ2n) is 5.15. The van der Waals surface area contributed by atoms with Crippen molar-refractivity contribution in [2.24, 2.45) is 5.73 Å². The zero-order valence-corrected chi connectivity index (χ0v) is 10.7. The van der Waals surface area contributed by atoms with E-state index in [9.17, 15) is 0 Å². The Morgan fingerprint density at radius 3 is 2.71 bits per heavy atom. The van der Waals surface area contributed by atoms with Gasteiger partial charge in [-0.15, -0.1) is 0 Å². The van der Waals surface area contributed by atoms with Crippen LogP contribution in [0.2, 0.25) is 0 Å². The number of morpholine rings is 1. The second-order valence-corrected chi connectivity index (χ2v) is 5.15. The van der Waals surface area contributed by atoms with Gasteiger partial charge in [0.1, 0.15) is 0 Å². The van der Waals surface area contributed by atoms with Crippen molar-refractivity contribution < 1.29 is 4.74 Å². The van der Waals surface area contributed by atoms with E-state index in [-0.39, 0.29) is 5.54 Å². The number of hydrogen-bond acceptors (Lipinski definition) is 4. The standard InChI is InChI=1S/C12H22N4O/c1-12(2,13)11-9-14-10-16(11)4-3-15-5-7-17-8-6-15/h9-10H,3-8,13H2,1-2H3. The van der Waals surface area contributed by atoms with Crippen molar-refractivity contribution in [3.8, 4) is 0 Å². The Morgan fingerprint density at radius 1 is 1.35 bits per heavy atom. The molecule has 0 atom stereocenters. The predicted molar refractivity (Wildman–Crippen MR) is 66.7 cm³/mol. The molecule has 0 spiro atoms. The first-order valence-corrected chi connectivity index (χ1v) is 6.17. The van der Waals surface area contributed by atoms with Crippen molar-refractivity contribution in [3.05, 3.63) is 18.2 Å². The zero-order valence-electron chi connectivity index (χ0n) is 10.7.